The maximum atomic E-state index is 11.4. The molecule has 0 saturated carbocycles. The van der Waals surface area contributed by atoms with Gasteiger partial charge in [0, 0.05) is 0 Å². The Balaban J connectivity index is 2.16. The van der Waals surface area contributed by atoms with E-state index in [1.54, 1.807) is 6.07 Å². The van der Waals surface area contributed by atoms with Crippen LogP contribution in [0.5, 0.6) is 0 Å². The summed E-state index contributed by atoms with van der Waals surface area (Å²) in [6, 6.07) is 10.9. The summed E-state index contributed by atoms with van der Waals surface area (Å²) in [5.41, 5.74) is 1.00. The number of hydrogen-bond acceptors (Lipinski definition) is 2. The van der Waals surface area contributed by atoms with Gasteiger partial charge in [0.2, 0.25) is 0 Å². The fourth-order valence-corrected chi connectivity index (χ4v) is 3.38. The standard InChI is InChI=1S/C18H24O3S/c1-2-3-4-5-6-7-10-15-13-17(22(19,20)21)14-16-11-8-9-12-18(15)16/h8-9,11-14H,2-7,10H2,1H3,(H,19,20,21). The van der Waals surface area contributed by atoms with Crippen molar-refractivity contribution in [1.82, 2.24) is 0 Å². The van der Waals surface area contributed by atoms with E-state index in [1.807, 2.05) is 24.3 Å². The Morgan fingerprint density at radius 1 is 0.955 bits per heavy atom. The number of hydrogen-bond donors (Lipinski definition) is 1. The van der Waals surface area contributed by atoms with E-state index < -0.39 is 10.1 Å². The number of rotatable bonds is 8. The lowest BCUT2D eigenvalue weighted by atomic mass is 9.99. The van der Waals surface area contributed by atoms with Crippen LogP contribution in [0.15, 0.2) is 41.3 Å². The third kappa shape index (κ3) is 4.55. The van der Waals surface area contributed by atoms with Gasteiger partial charge in [-0.2, -0.15) is 8.42 Å². The van der Waals surface area contributed by atoms with Crippen LogP contribution in [0.25, 0.3) is 10.8 Å². The van der Waals surface area contributed by atoms with E-state index in [2.05, 4.69) is 6.92 Å². The third-order valence-corrected chi connectivity index (χ3v) is 4.85. The van der Waals surface area contributed by atoms with Crippen LogP contribution in [0.2, 0.25) is 0 Å². The largest absolute Gasteiger partial charge is 0.294 e. The van der Waals surface area contributed by atoms with E-state index in [1.165, 1.54) is 31.7 Å². The summed E-state index contributed by atoms with van der Waals surface area (Å²) < 4.78 is 32.2. The lowest BCUT2D eigenvalue weighted by molar-refractivity contribution is 0.483. The van der Waals surface area contributed by atoms with E-state index in [0.29, 0.717) is 0 Å². The Hall–Kier alpha value is -1.39. The van der Waals surface area contributed by atoms with Crippen molar-refractivity contribution in [3.05, 3.63) is 42.0 Å². The van der Waals surface area contributed by atoms with Crippen molar-refractivity contribution in [2.45, 2.75) is 56.8 Å². The zero-order valence-electron chi connectivity index (χ0n) is 13.1. The maximum Gasteiger partial charge on any atom is 0.294 e. The molecule has 2 rings (SSSR count). The number of unbranched alkanes of at least 4 members (excludes halogenated alkanes) is 5. The predicted molar refractivity (Wildman–Crippen MR) is 90.8 cm³/mol. The number of benzene rings is 2. The molecule has 0 aliphatic heterocycles. The molecule has 0 aliphatic carbocycles. The van der Waals surface area contributed by atoms with Gasteiger partial charge in [-0.3, -0.25) is 4.55 Å². The highest BCUT2D eigenvalue weighted by molar-refractivity contribution is 7.85. The average Bonchev–Trinajstić information content (AvgIpc) is 2.49. The monoisotopic (exact) mass is 320 g/mol. The predicted octanol–water partition coefficient (Wildman–Crippen LogP) is 4.99. The Morgan fingerprint density at radius 2 is 1.64 bits per heavy atom. The molecule has 0 aromatic heterocycles. The minimum absolute atomic E-state index is 0.00724. The van der Waals surface area contributed by atoms with Gasteiger partial charge in [-0.25, -0.2) is 0 Å². The first-order valence-electron chi connectivity index (χ1n) is 8.01. The molecule has 2 aromatic carbocycles. The van der Waals surface area contributed by atoms with Gasteiger partial charge >= 0.3 is 0 Å². The first-order chi connectivity index (χ1) is 10.5. The Labute approximate surface area is 133 Å². The molecule has 120 valence electrons. The molecule has 4 heteroatoms. The second kappa shape index (κ2) is 7.75. The molecular weight excluding hydrogens is 296 g/mol. The van der Waals surface area contributed by atoms with E-state index in [0.717, 1.165) is 35.6 Å². The summed E-state index contributed by atoms with van der Waals surface area (Å²) in [4.78, 5) is -0.00724. The van der Waals surface area contributed by atoms with Crippen molar-refractivity contribution >= 4 is 20.9 Å². The minimum atomic E-state index is -4.16. The molecule has 0 amide bonds. The Bertz CT molecular complexity index is 720. The highest BCUT2D eigenvalue weighted by atomic mass is 32.2. The second-order valence-electron chi connectivity index (χ2n) is 5.80. The zero-order valence-corrected chi connectivity index (χ0v) is 13.9. The summed E-state index contributed by atoms with van der Waals surface area (Å²) in [6.07, 6.45) is 8.05. The van der Waals surface area contributed by atoms with Gasteiger partial charge in [-0.15, -0.1) is 0 Å². The van der Waals surface area contributed by atoms with Crippen LogP contribution in [0.3, 0.4) is 0 Å². The van der Waals surface area contributed by atoms with Crippen LogP contribution < -0.4 is 0 Å². The van der Waals surface area contributed by atoms with E-state index in [4.69, 9.17) is 0 Å². The van der Waals surface area contributed by atoms with Crippen LogP contribution in [0.1, 0.15) is 51.0 Å². The van der Waals surface area contributed by atoms with Gasteiger partial charge in [0.25, 0.3) is 10.1 Å². The molecule has 1 N–H and O–H groups in total. The van der Waals surface area contributed by atoms with Crippen molar-refractivity contribution in [3.63, 3.8) is 0 Å². The molecule has 0 aliphatic rings. The van der Waals surface area contributed by atoms with Gasteiger partial charge in [-0.1, -0.05) is 63.3 Å². The normalized spacial score (nSPS) is 11.9. The smallest absolute Gasteiger partial charge is 0.282 e. The Kier molecular flexibility index (Phi) is 5.98. The summed E-state index contributed by atoms with van der Waals surface area (Å²) in [6.45, 7) is 2.20. The molecular formula is C18H24O3S. The minimum Gasteiger partial charge on any atom is -0.282 e. The summed E-state index contributed by atoms with van der Waals surface area (Å²) >= 11 is 0. The zero-order chi connectivity index (χ0) is 16.0. The lowest BCUT2D eigenvalue weighted by Gasteiger charge is -2.09. The highest BCUT2D eigenvalue weighted by Crippen LogP contribution is 2.25. The fourth-order valence-electron chi connectivity index (χ4n) is 2.81. The van der Waals surface area contributed by atoms with Crippen LogP contribution in [-0.2, 0) is 16.5 Å². The molecule has 22 heavy (non-hydrogen) atoms. The topological polar surface area (TPSA) is 54.4 Å². The van der Waals surface area contributed by atoms with Crippen molar-refractivity contribution < 1.29 is 13.0 Å². The van der Waals surface area contributed by atoms with Crippen LogP contribution in [0, 0.1) is 0 Å². The second-order valence-corrected chi connectivity index (χ2v) is 7.22. The van der Waals surface area contributed by atoms with E-state index >= 15 is 0 Å². The third-order valence-electron chi connectivity index (χ3n) is 4.02. The van der Waals surface area contributed by atoms with E-state index in [-0.39, 0.29) is 4.90 Å². The van der Waals surface area contributed by atoms with Gasteiger partial charge < -0.3 is 0 Å². The molecule has 0 spiro atoms. The molecule has 0 bridgehead atoms. The summed E-state index contributed by atoms with van der Waals surface area (Å²) in [7, 11) is -4.16. The first-order valence-corrected chi connectivity index (χ1v) is 9.45. The molecule has 0 fully saturated rings. The molecule has 0 atom stereocenters. The first kappa shape index (κ1) is 17.0. The molecule has 3 nitrogen and oxygen atoms in total. The van der Waals surface area contributed by atoms with Gasteiger partial charge in [0.1, 0.15) is 0 Å². The quantitative estimate of drug-likeness (QED) is 0.550. The molecule has 0 heterocycles. The molecule has 0 saturated heterocycles. The van der Waals surface area contributed by atoms with Crippen LogP contribution in [-0.4, -0.2) is 13.0 Å². The number of aryl methyl sites for hydroxylation is 1. The molecule has 0 unspecified atom stereocenters. The van der Waals surface area contributed by atoms with Gasteiger partial charge in [0.05, 0.1) is 4.90 Å². The summed E-state index contributed by atoms with van der Waals surface area (Å²) in [5, 5.41) is 1.93. The fraction of sp³-hybridized carbons (Fsp3) is 0.444. The van der Waals surface area contributed by atoms with E-state index in [9.17, 15) is 13.0 Å². The Morgan fingerprint density at radius 3 is 2.36 bits per heavy atom. The summed E-state index contributed by atoms with van der Waals surface area (Å²) in [5.74, 6) is 0. The van der Waals surface area contributed by atoms with Crippen LogP contribution in [0.4, 0.5) is 0 Å². The molecule has 0 radical (unpaired) electrons. The highest BCUT2D eigenvalue weighted by Gasteiger charge is 2.13. The molecule has 2 aromatic rings. The van der Waals surface area contributed by atoms with Crippen LogP contribution >= 0.6 is 0 Å². The maximum absolute atomic E-state index is 11.4. The van der Waals surface area contributed by atoms with Gasteiger partial charge in [-0.05, 0) is 41.3 Å². The lowest BCUT2D eigenvalue weighted by Crippen LogP contribution is -2.00. The average molecular weight is 320 g/mol. The van der Waals surface area contributed by atoms with Crippen molar-refractivity contribution in [2.75, 3.05) is 0 Å². The van der Waals surface area contributed by atoms with Crippen molar-refractivity contribution in [1.29, 1.82) is 0 Å². The number of fused-ring (bicyclic) bond motifs is 1. The van der Waals surface area contributed by atoms with Crippen molar-refractivity contribution in [2.24, 2.45) is 0 Å². The van der Waals surface area contributed by atoms with Crippen molar-refractivity contribution in [3.8, 4) is 0 Å². The SMILES string of the molecule is CCCCCCCCc1cc(S(=O)(=O)O)cc2ccccc12. The van der Waals surface area contributed by atoms with Gasteiger partial charge in [0.15, 0.2) is 0 Å².